The van der Waals surface area contributed by atoms with Crippen LogP contribution in [0.25, 0.3) is 0 Å². The predicted octanol–water partition coefficient (Wildman–Crippen LogP) is 2.92. The molecule has 1 aliphatic rings. The topological polar surface area (TPSA) is 45.2 Å². The molecule has 1 N–H and O–H groups in total. The number of rotatable bonds is 4. The van der Waals surface area contributed by atoms with Crippen LogP contribution in [-0.2, 0) is 0 Å². The summed E-state index contributed by atoms with van der Waals surface area (Å²) in [7, 11) is 1.84. The molecule has 0 aliphatic carbocycles. The number of piperidine rings is 1. The zero-order valence-electron chi connectivity index (χ0n) is 11.9. The summed E-state index contributed by atoms with van der Waals surface area (Å²) in [6, 6.07) is 2.25. The normalized spacial score (nSPS) is 19.3. The molecular formula is C15H23N3O. The minimum absolute atomic E-state index is 0.121. The molecule has 1 atom stereocenters. The van der Waals surface area contributed by atoms with Crippen LogP contribution in [0.3, 0.4) is 0 Å². The molecule has 1 aromatic heterocycles. The summed E-state index contributed by atoms with van der Waals surface area (Å²) in [5.74, 6) is 0.121. The number of likely N-dealkylation sites (tertiary alicyclic amines) is 1. The van der Waals surface area contributed by atoms with Crippen molar-refractivity contribution in [2.24, 2.45) is 0 Å². The van der Waals surface area contributed by atoms with Crippen molar-refractivity contribution < 1.29 is 4.79 Å². The van der Waals surface area contributed by atoms with Gasteiger partial charge >= 0.3 is 0 Å². The van der Waals surface area contributed by atoms with Crippen LogP contribution in [0.1, 0.15) is 49.4 Å². The Bertz CT molecular complexity index is 431. The van der Waals surface area contributed by atoms with Crippen molar-refractivity contribution >= 4 is 11.6 Å². The molecule has 1 aromatic rings. The molecule has 1 unspecified atom stereocenters. The highest BCUT2D eigenvalue weighted by Gasteiger charge is 2.27. The maximum Gasteiger partial charge on any atom is 0.257 e. The van der Waals surface area contributed by atoms with Gasteiger partial charge in [0.05, 0.1) is 5.56 Å². The Kier molecular flexibility index (Phi) is 4.77. The van der Waals surface area contributed by atoms with E-state index in [0.717, 1.165) is 37.9 Å². The molecule has 0 bridgehead atoms. The largest absolute Gasteiger partial charge is 0.387 e. The highest BCUT2D eigenvalue weighted by molar-refractivity contribution is 5.99. The smallest absolute Gasteiger partial charge is 0.257 e. The number of hydrogen-bond acceptors (Lipinski definition) is 3. The number of anilines is 1. The van der Waals surface area contributed by atoms with Gasteiger partial charge < -0.3 is 10.2 Å². The predicted molar refractivity (Wildman–Crippen MR) is 77.4 cm³/mol. The molecule has 0 spiro atoms. The molecule has 19 heavy (non-hydrogen) atoms. The van der Waals surface area contributed by atoms with E-state index in [4.69, 9.17) is 0 Å². The van der Waals surface area contributed by atoms with E-state index in [9.17, 15) is 4.79 Å². The Morgan fingerprint density at radius 3 is 3.11 bits per heavy atom. The average Bonchev–Trinajstić information content (AvgIpc) is 2.47. The Labute approximate surface area is 115 Å². The standard InChI is InChI=1S/C15H23N3O/c1-3-6-12-7-4-5-10-18(12)15(19)13-11-17-9-8-14(13)16-2/h8-9,11-12H,3-7,10H2,1-2H3,(H,16,17). The van der Waals surface area contributed by atoms with E-state index in [-0.39, 0.29) is 5.91 Å². The van der Waals surface area contributed by atoms with Crippen LogP contribution in [0.5, 0.6) is 0 Å². The second-order valence-electron chi connectivity index (χ2n) is 5.11. The molecule has 2 heterocycles. The fraction of sp³-hybridized carbons (Fsp3) is 0.600. The van der Waals surface area contributed by atoms with Crippen molar-refractivity contribution in [3.8, 4) is 0 Å². The monoisotopic (exact) mass is 261 g/mol. The fourth-order valence-corrected chi connectivity index (χ4v) is 2.84. The zero-order chi connectivity index (χ0) is 13.7. The lowest BCUT2D eigenvalue weighted by atomic mass is 9.97. The Morgan fingerprint density at radius 1 is 1.53 bits per heavy atom. The number of nitrogens with zero attached hydrogens (tertiary/aromatic N) is 2. The van der Waals surface area contributed by atoms with Crippen molar-refractivity contribution in [3.05, 3.63) is 24.0 Å². The molecular weight excluding hydrogens is 238 g/mol. The number of aromatic nitrogens is 1. The number of carbonyl (C=O) groups excluding carboxylic acids is 1. The number of hydrogen-bond donors (Lipinski definition) is 1. The van der Waals surface area contributed by atoms with E-state index in [1.807, 2.05) is 18.0 Å². The first kappa shape index (κ1) is 13.8. The lowest BCUT2D eigenvalue weighted by Gasteiger charge is -2.36. The molecule has 1 aliphatic heterocycles. The first-order chi connectivity index (χ1) is 9.27. The molecule has 0 aromatic carbocycles. The summed E-state index contributed by atoms with van der Waals surface area (Å²) < 4.78 is 0. The first-order valence-corrected chi connectivity index (χ1v) is 7.20. The molecule has 4 heteroatoms. The lowest BCUT2D eigenvalue weighted by Crippen LogP contribution is -2.43. The van der Waals surface area contributed by atoms with Gasteiger partial charge in [0.25, 0.3) is 5.91 Å². The Morgan fingerprint density at radius 2 is 2.37 bits per heavy atom. The Hall–Kier alpha value is -1.58. The molecule has 104 valence electrons. The van der Waals surface area contributed by atoms with E-state index >= 15 is 0 Å². The number of nitrogens with one attached hydrogen (secondary N) is 1. The maximum absolute atomic E-state index is 12.7. The van der Waals surface area contributed by atoms with Crippen molar-refractivity contribution in [1.29, 1.82) is 0 Å². The first-order valence-electron chi connectivity index (χ1n) is 7.20. The highest BCUT2D eigenvalue weighted by Crippen LogP contribution is 2.24. The Balaban J connectivity index is 2.21. The van der Waals surface area contributed by atoms with Gasteiger partial charge in [-0.25, -0.2) is 0 Å². The van der Waals surface area contributed by atoms with Gasteiger partial charge in [-0.15, -0.1) is 0 Å². The summed E-state index contributed by atoms with van der Waals surface area (Å²) >= 11 is 0. The number of pyridine rings is 1. The van der Waals surface area contributed by atoms with Gasteiger partial charge in [0, 0.05) is 37.7 Å². The van der Waals surface area contributed by atoms with Crippen LogP contribution in [0.15, 0.2) is 18.5 Å². The zero-order valence-corrected chi connectivity index (χ0v) is 11.9. The van der Waals surface area contributed by atoms with Gasteiger partial charge in [0.1, 0.15) is 0 Å². The highest BCUT2D eigenvalue weighted by atomic mass is 16.2. The van der Waals surface area contributed by atoms with Crippen molar-refractivity contribution in [3.63, 3.8) is 0 Å². The quantitative estimate of drug-likeness (QED) is 0.906. The summed E-state index contributed by atoms with van der Waals surface area (Å²) in [5.41, 5.74) is 1.55. The minimum atomic E-state index is 0.121. The molecule has 1 saturated heterocycles. The molecule has 0 radical (unpaired) electrons. The van der Waals surface area contributed by atoms with Crippen LogP contribution in [-0.4, -0.2) is 35.4 Å². The van der Waals surface area contributed by atoms with Crippen molar-refractivity contribution in [2.45, 2.75) is 45.1 Å². The van der Waals surface area contributed by atoms with Gasteiger partial charge in [-0.05, 0) is 31.7 Å². The second-order valence-corrected chi connectivity index (χ2v) is 5.11. The minimum Gasteiger partial charge on any atom is -0.387 e. The third-order valence-electron chi connectivity index (χ3n) is 3.83. The average molecular weight is 261 g/mol. The van der Waals surface area contributed by atoms with Crippen LogP contribution < -0.4 is 5.32 Å². The van der Waals surface area contributed by atoms with Crippen LogP contribution in [0, 0.1) is 0 Å². The lowest BCUT2D eigenvalue weighted by molar-refractivity contribution is 0.0601. The van der Waals surface area contributed by atoms with Gasteiger partial charge in [0.15, 0.2) is 0 Å². The maximum atomic E-state index is 12.7. The molecule has 4 nitrogen and oxygen atoms in total. The molecule has 0 saturated carbocycles. The van der Waals surface area contributed by atoms with E-state index in [0.29, 0.717) is 11.6 Å². The second kappa shape index (κ2) is 6.55. The van der Waals surface area contributed by atoms with Crippen molar-refractivity contribution in [1.82, 2.24) is 9.88 Å². The summed E-state index contributed by atoms with van der Waals surface area (Å²) in [6.07, 6.45) is 9.09. The van der Waals surface area contributed by atoms with E-state index in [2.05, 4.69) is 17.2 Å². The fourth-order valence-electron chi connectivity index (χ4n) is 2.84. The van der Waals surface area contributed by atoms with Crippen LogP contribution in [0.2, 0.25) is 0 Å². The van der Waals surface area contributed by atoms with E-state index < -0.39 is 0 Å². The van der Waals surface area contributed by atoms with Crippen LogP contribution >= 0.6 is 0 Å². The van der Waals surface area contributed by atoms with Crippen molar-refractivity contribution in [2.75, 3.05) is 18.9 Å². The molecule has 1 fully saturated rings. The summed E-state index contributed by atoms with van der Waals surface area (Å²) in [4.78, 5) is 18.8. The van der Waals surface area contributed by atoms with Gasteiger partial charge in [-0.2, -0.15) is 0 Å². The van der Waals surface area contributed by atoms with Gasteiger partial charge in [-0.1, -0.05) is 13.3 Å². The third kappa shape index (κ3) is 3.06. The number of amides is 1. The summed E-state index contributed by atoms with van der Waals surface area (Å²) in [5, 5.41) is 3.07. The van der Waals surface area contributed by atoms with E-state index in [1.165, 1.54) is 6.42 Å². The van der Waals surface area contributed by atoms with Gasteiger partial charge in [-0.3, -0.25) is 9.78 Å². The van der Waals surface area contributed by atoms with Gasteiger partial charge in [0.2, 0.25) is 0 Å². The van der Waals surface area contributed by atoms with Crippen LogP contribution in [0.4, 0.5) is 5.69 Å². The summed E-state index contributed by atoms with van der Waals surface area (Å²) in [6.45, 7) is 3.06. The van der Waals surface area contributed by atoms with E-state index in [1.54, 1.807) is 12.4 Å². The third-order valence-corrected chi connectivity index (χ3v) is 3.83. The molecule has 1 amide bonds. The SMILES string of the molecule is CCCC1CCCCN1C(=O)c1cnccc1NC. The molecule has 2 rings (SSSR count). The number of carbonyl (C=O) groups is 1.